The van der Waals surface area contributed by atoms with Gasteiger partial charge in [-0.05, 0) is 28.5 Å². The molecule has 3 aromatic rings. The lowest BCUT2D eigenvalue weighted by molar-refractivity contribution is 0.439. The van der Waals surface area contributed by atoms with Gasteiger partial charge in [-0.1, -0.05) is 97.1 Å². The van der Waals surface area contributed by atoms with Crippen LogP contribution >= 0.6 is 24.2 Å². The van der Waals surface area contributed by atoms with E-state index in [1.165, 1.54) is 16.7 Å². The van der Waals surface area contributed by atoms with Gasteiger partial charge in [0.1, 0.15) is 0 Å². The molecule has 1 atom stereocenters. The first-order valence-corrected chi connectivity index (χ1v) is 9.44. The van der Waals surface area contributed by atoms with Crippen LogP contribution in [0.1, 0.15) is 23.1 Å². The van der Waals surface area contributed by atoms with Crippen LogP contribution < -0.4 is 5.73 Å². The van der Waals surface area contributed by atoms with Crippen molar-refractivity contribution < 1.29 is 0 Å². The highest BCUT2D eigenvalue weighted by molar-refractivity contribution is 8.03. The summed E-state index contributed by atoms with van der Waals surface area (Å²) in [4.78, 5) is -0.475. The average Bonchev–Trinajstić information content (AvgIpc) is 3.13. The molecule has 1 unspecified atom stereocenters. The minimum Gasteiger partial charge on any atom is -0.315 e. The van der Waals surface area contributed by atoms with Crippen LogP contribution in [-0.2, 0) is 5.41 Å². The zero-order valence-corrected chi connectivity index (χ0v) is 16.0. The maximum atomic E-state index is 7.13. The molecular weight excluding hydrogens is 358 g/mol. The minimum absolute atomic E-state index is 0. The van der Waals surface area contributed by atoms with E-state index in [1.54, 1.807) is 11.8 Å². The van der Waals surface area contributed by atoms with Gasteiger partial charge < -0.3 is 5.73 Å². The van der Waals surface area contributed by atoms with Crippen molar-refractivity contribution in [3.8, 4) is 0 Å². The summed E-state index contributed by atoms with van der Waals surface area (Å²) >= 11 is 1.73. The zero-order chi connectivity index (χ0) is 17.2. The molecule has 0 fully saturated rings. The molecule has 0 saturated carbocycles. The largest absolute Gasteiger partial charge is 0.315 e. The fourth-order valence-electron chi connectivity index (χ4n) is 3.98. The highest BCUT2D eigenvalue weighted by Crippen LogP contribution is 2.54. The van der Waals surface area contributed by atoms with Crippen LogP contribution in [0.5, 0.6) is 0 Å². The average molecular weight is 380 g/mol. The first-order valence-electron chi connectivity index (χ1n) is 8.56. The molecule has 0 spiro atoms. The SMILES string of the molecule is Cl.NC1(C(c2ccccc2)(c2ccccc2)c2ccccc2)CC=CS1. The third-order valence-corrected chi connectivity index (χ3v) is 6.27. The molecule has 3 aromatic carbocycles. The summed E-state index contributed by atoms with van der Waals surface area (Å²) in [6.07, 6.45) is 3.02. The van der Waals surface area contributed by atoms with Crippen molar-refractivity contribution in [3.63, 3.8) is 0 Å². The lowest BCUT2D eigenvalue weighted by atomic mass is 9.63. The van der Waals surface area contributed by atoms with Gasteiger partial charge in [-0.2, -0.15) is 0 Å². The maximum absolute atomic E-state index is 7.13. The Morgan fingerprint density at radius 2 is 1.08 bits per heavy atom. The van der Waals surface area contributed by atoms with Crippen molar-refractivity contribution in [2.24, 2.45) is 5.73 Å². The van der Waals surface area contributed by atoms with Crippen LogP contribution in [0.25, 0.3) is 0 Å². The van der Waals surface area contributed by atoms with Crippen molar-refractivity contribution >= 4 is 24.2 Å². The van der Waals surface area contributed by atoms with E-state index in [1.807, 2.05) is 0 Å². The molecule has 0 amide bonds. The second-order valence-electron chi connectivity index (χ2n) is 6.43. The summed E-state index contributed by atoms with van der Waals surface area (Å²) in [5, 5.41) is 2.14. The van der Waals surface area contributed by atoms with E-state index in [4.69, 9.17) is 5.73 Å². The first-order chi connectivity index (χ1) is 12.3. The number of benzene rings is 3. The van der Waals surface area contributed by atoms with E-state index >= 15 is 0 Å². The molecule has 1 heterocycles. The standard InChI is InChI=1S/C23H21NS.ClH/c24-22(17-10-18-25-22)23(19-11-4-1-5-12-19,20-13-6-2-7-14-20)21-15-8-3-9-16-21;/h1-16,18H,17,24H2;1H. The molecule has 0 aliphatic carbocycles. The Morgan fingerprint density at radius 1 is 0.692 bits per heavy atom. The van der Waals surface area contributed by atoms with Gasteiger partial charge in [0, 0.05) is 0 Å². The Balaban J connectivity index is 0.00000196. The molecule has 2 N–H and O–H groups in total. The lowest BCUT2D eigenvalue weighted by Gasteiger charge is -2.47. The summed E-state index contributed by atoms with van der Waals surface area (Å²) in [5.41, 5.74) is 10.4. The number of halogens is 1. The molecule has 3 heteroatoms. The second-order valence-corrected chi connectivity index (χ2v) is 7.67. The third kappa shape index (κ3) is 2.88. The monoisotopic (exact) mass is 379 g/mol. The Labute approximate surface area is 165 Å². The fraction of sp³-hybridized carbons (Fsp3) is 0.130. The van der Waals surface area contributed by atoms with Crippen molar-refractivity contribution in [2.75, 3.05) is 0 Å². The van der Waals surface area contributed by atoms with Gasteiger partial charge in [0.15, 0.2) is 0 Å². The predicted molar refractivity (Wildman–Crippen MR) is 115 cm³/mol. The van der Waals surface area contributed by atoms with Crippen LogP contribution in [-0.4, -0.2) is 4.87 Å². The van der Waals surface area contributed by atoms with Gasteiger partial charge in [0.25, 0.3) is 0 Å². The van der Waals surface area contributed by atoms with Crippen LogP contribution in [0.3, 0.4) is 0 Å². The van der Waals surface area contributed by atoms with Gasteiger partial charge in [-0.15, -0.1) is 24.2 Å². The van der Waals surface area contributed by atoms with Gasteiger partial charge in [0.2, 0.25) is 0 Å². The smallest absolute Gasteiger partial charge is 0.0875 e. The Morgan fingerprint density at radius 3 is 1.38 bits per heavy atom. The number of thioether (sulfide) groups is 1. The predicted octanol–water partition coefficient (Wildman–Crippen LogP) is 5.75. The van der Waals surface area contributed by atoms with Crippen LogP contribution in [0.15, 0.2) is 102 Å². The molecule has 132 valence electrons. The second kappa shape index (κ2) is 7.71. The van der Waals surface area contributed by atoms with E-state index in [2.05, 4.69) is 102 Å². The van der Waals surface area contributed by atoms with Gasteiger partial charge in [0.05, 0.1) is 10.3 Å². The molecule has 1 aliphatic rings. The molecule has 0 saturated heterocycles. The minimum atomic E-state index is -0.475. The molecule has 26 heavy (non-hydrogen) atoms. The molecule has 4 rings (SSSR count). The fourth-order valence-corrected chi connectivity index (χ4v) is 5.14. The van der Waals surface area contributed by atoms with Crippen LogP contribution in [0.4, 0.5) is 0 Å². The number of hydrogen-bond acceptors (Lipinski definition) is 2. The topological polar surface area (TPSA) is 26.0 Å². The van der Waals surface area contributed by atoms with Crippen molar-refractivity contribution in [1.82, 2.24) is 0 Å². The van der Waals surface area contributed by atoms with Crippen molar-refractivity contribution in [2.45, 2.75) is 16.7 Å². The molecule has 1 nitrogen and oxygen atoms in total. The summed E-state index contributed by atoms with van der Waals surface area (Å²) in [6.45, 7) is 0. The summed E-state index contributed by atoms with van der Waals surface area (Å²) < 4.78 is 0. The molecule has 1 aliphatic heterocycles. The summed E-state index contributed by atoms with van der Waals surface area (Å²) in [5.74, 6) is 0. The van der Waals surface area contributed by atoms with Crippen molar-refractivity contribution in [1.29, 1.82) is 0 Å². The Hall–Kier alpha value is -2.00. The lowest BCUT2D eigenvalue weighted by Crippen LogP contribution is -2.56. The highest BCUT2D eigenvalue weighted by atomic mass is 35.5. The molecule has 0 radical (unpaired) electrons. The van der Waals surface area contributed by atoms with Gasteiger partial charge >= 0.3 is 0 Å². The highest BCUT2D eigenvalue weighted by Gasteiger charge is 2.53. The van der Waals surface area contributed by atoms with E-state index in [0.717, 1.165) is 6.42 Å². The maximum Gasteiger partial charge on any atom is 0.0875 e. The van der Waals surface area contributed by atoms with Gasteiger partial charge in [-0.25, -0.2) is 0 Å². The summed E-state index contributed by atoms with van der Waals surface area (Å²) in [7, 11) is 0. The zero-order valence-electron chi connectivity index (χ0n) is 14.4. The molecular formula is C23H22ClNS. The van der Waals surface area contributed by atoms with E-state index < -0.39 is 10.3 Å². The van der Waals surface area contributed by atoms with Gasteiger partial charge in [-0.3, -0.25) is 0 Å². The number of hydrogen-bond donors (Lipinski definition) is 1. The Kier molecular flexibility index (Phi) is 5.57. The van der Waals surface area contributed by atoms with E-state index in [9.17, 15) is 0 Å². The summed E-state index contributed by atoms with van der Waals surface area (Å²) in [6, 6.07) is 32.0. The number of rotatable bonds is 4. The van der Waals surface area contributed by atoms with Crippen LogP contribution in [0, 0.1) is 0 Å². The normalized spacial score (nSPS) is 19.1. The Bertz CT molecular complexity index is 758. The van der Waals surface area contributed by atoms with E-state index in [-0.39, 0.29) is 12.4 Å². The quantitative estimate of drug-likeness (QED) is 0.584. The molecule has 0 bridgehead atoms. The van der Waals surface area contributed by atoms with Crippen LogP contribution in [0.2, 0.25) is 0 Å². The van der Waals surface area contributed by atoms with Crippen molar-refractivity contribution in [3.05, 3.63) is 119 Å². The molecule has 0 aromatic heterocycles. The van der Waals surface area contributed by atoms with E-state index in [0.29, 0.717) is 0 Å². The third-order valence-electron chi connectivity index (χ3n) is 5.05. The number of nitrogens with two attached hydrogens (primary N) is 1. The first kappa shape index (κ1) is 18.8.